The van der Waals surface area contributed by atoms with E-state index >= 15 is 0 Å². The molecule has 1 aromatic carbocycles. The average molecular weight is 299 g/mol. The molecule has 1 aromatic rings. The van der Waals surface area contributed by atoms with Gasteiger partial charge >= 0.3 is 5.97 Å². The number of halogens is 1. The molecule has 0 heterocycles. The zero-order valence-corrected chi connectivity index (χ0v) is 11.3. The maximum Gasteiger partial charge on any atom is 0.338 e. The Morgan fingerprint density at radius 3 is 2.82 bits per heavy atom. The minimum absolute atomic E-state index is 0.334. The van der Waals surface area contributed by atoms with Gasteiger partial charge in [-0.15, -0.1) is 0 Å². The Balaban J connectivity index is 2.91. The number of alkyl halides is 1. The van der Waals surface area contributed by atoms with E-state index in [1.807, 2.05) is 6.07 Å². The molecule has 0 saturated carbocycles. The predicted octanol–water partition coefficient (Wildman–Crippen LogP) is 3.00. The lowest BCUT2D eigenvalue weighted by Gasteiger charge is -2.06. The Morgan fingerprint density at radius 2 is 2.24 bits per heavy atom. The van der Waals surface area contributed by atoms with Crippen molar-refractivity contribution in [3.05, 3.63) is 34.9 Å². The van der Waals surface area contributed by atoms with Gasteiger partial charge in [-0.05, 0) is 37.5 Å². The van der Waals surface area contributed by atoms with Gasteiger partial charge < -0.3 is 4.74 Å². The summed E-state index contributed by atoms with van der Waals surface area (Å²) in [6, 6.07) is 5.11. The van der Waals surface area contributed by atoms with E-state index in [1.54, 1.807) is 19.1 Å². The second-order valence-corrected chi connectivity index (χ2v) is 4.34. The molecule has 3 nitrogen and oxygen atoms in total. The highest BCUT2D eigenvalue weighted by molar-refractivity contribution is 9.09. The van der Waals surface area contributed by atoms with Crippen LogP contribution in [0.15, 0.2) is 18.2 Å². The first-order valence-electron chi connectivity index (χ1n) is 5.54. The predicted molar refractivity (Wildman–Crippen MR) is 69.9 cm³/mol. The van der Waals surface area contributed by atoms with Crippen LogP contribution in [0.2, 0.25) is 0 Å². The zero-order chi connectivity index (χ0) is 12.7. The van der Waals surface area contributed by atoms with Gasteiger partial charge in [0.1, 0.15) is 6.29 Å². The van der Waals surface area contributed by atoms with Crippen molar-refractivity contribution >= 4 is 28.2 Å². The van der Waals surface area contributed by atoms with Gasteiger partial charge in [-0.3, -0.25) is 4.79 Å². The van der Waals surface area contributed by atoms with Crippen LogP contribution in [0, 0.1) is 0 Å². The van der Waals surface area contributed by atoms with Crippen LogP contribution in [0.5, 0.6) is 0 Å². The molecule has 0 atom stereocenters. The molecule has 0 fully saturated rings. The quantitative estimate of drug-likeness (QED) is 0.461. The van der Waals surface area contributed by atoms with Gasteiger partial charge in [-0.25, -0.2) is 4.79 Å². The van der Waals surface area contributed by atoms with Crippen LogP contribution < -0.4 is 0 Å². The number of carbonyl (C=O) groups excluding carboxylic acids is 2. The molecule has 17 heavy (non-hydrogen) atoms. The Kier molecular flexibility index (Phi) is 5.91. The van der Waals surface area contributed by atoms with Crippen molar-refractivity contribution in [1.29, 1.82) is 0 Å². The summed E-state index contributed by atoms with van der Waals surface area (Å²) in [6.45, 7) is 2.09. The van der Waals surface area contributed by atoms with Crippen molar-refractivity contribution in [2.45, 2.75) is 19.8 Å². The van der Waals surface area contributed by atoms with E-state index in [0.29, 0.717) is 17.7 Å². The van der Waals surface area contributed by atoms with Crippen LogP contribution in [-0.4, -0.2) is 24.2 Å². The molecule has 0 saturated heterocycles. The number of carbonyl (C=O) groups is 2. The summed E-state index contributed by atoms with van der Waals surface area (Å²) in [5.74, 6) is -0.386. The molecule has 0 unspecified atom stereocenters. The average Bonchev–Trinajstić information content (AvgIpc) is 2.36. The number of benzene rings is 1. The van der Waals surface area contributed by atoms with Gasteiger partial charge in [-0.1, -0.05) is 22.0 Å². The maximum atomic E-state index is 11.5. The van der Waals surface area contributed by atoms with Crippen LogP contribution in [0.4, 0.5) is 0 Å². The highest BCUT2D eigenvalue weighted by atomic mass is 79.9. The second-order valence-electron chi connectivity index (χ2n) is 3.54. The monoisotopic (exact) mass is 298 g/mol. The Bertz CT molecular complexity index is 402. The maximum absolute atomic E-state index is 11.5. The molecule has 0 radical (unpaired) electrons. The van der Waals surface area contributed by atoms with E-state index in [9.17, 15) is 9.59 Å². The highest BCUT2D eigenvalue weighted by Crippen LogP contribution is 2.14. The molecule has 0 aliphatic rings. The van der Waals surface area contributed by atoms with Crippen molar-refractivity contribution in [3.63, 3.8) is 0 Å². The summed E-state index contributed by atoms with van der Waals surface area (Å²) in [4.78, 5) is 22.5. The lowest BCUT2D eigenvalue weighted by Crippen LogP contribution is -2.06. The number of ether oxygens (including phenoxy) is 1. The number of hydrogen-bond acceptors (Lipinski definition) is 3. The Morgan fingerprint density at radius 1 is 1.47 bits per heavy atom. The number of rotatable bonds is 6. The smallest absolute Gasteiger partial charge is 0.338 e. The molecule has 1 rings (SSSR count). The van der Waals surface area contributed by atoms with Gasteiger partial charge in [0.15, 0.2) is 0 Å². The van der Waals surface area contributed by atoms with Crippen LogP contribution in [0.1, 0.15) is 39.6 Å². The fourth-order valence-corrected chi connectivity index (χ4v) is 1.81. The van der Waals surface area contributed by atoms with E-state index in [1.165, 1.54) is 0 Å². The summed E-state index contributed by atoms with van der Waals surface area (Å²) in [7, 11) is 0. The molecule has 0 N–H and O–H groups in total. The van der Waals surface area contributed by atoms with E-state index in [-0.39, 0.29) is 5.97 Å². The van der Waals surface area contributed by atoms with E-state index < -0.39 is 0 Å². The second kappa shape index (κ2) is 7.22. The first-order valence-corrected chi connectivity index (χ1v) is 6.66. The van der Waals surface area contributed by atoms with Gasteiger partial charge in [0, 0.05) is 10.9 Å². The highest BCUT2D eigenvalue weighted by Gasteiger charge is 2.09. The molecule has 0 aromatic heterocycles. The number of aryl methyl sites for hydroxylation is 1. The van der Waals surface area contributed by atoms with Crippen molar-refractivity contribution in [1.82, 2.24) is 0 Å². The first kappa shape index (κ1) is 13.9. The summed E-state index contributed by atoms with van der Waals surface area (Å²) < 4.78 is 4.89. The third-order valence-corrected chi connectivity index (χ3v) is 2.92. The fraction of sp³-hybridized carbons (Fsp3) is 0.385. The zero-order valence-electron chi connectivity index (χ0n) is 9.74. The SMILES string of the molecule is CCOC(=O)c1ccc(CCCBr)c(C=O)c1. The van der Waals surface area contributed by atoms with E-state index in [0.717, 1.165) is 30.0 Å². The van der Waals surface area contributed by atoms with Crippen LogP contribution in [0.3, 0.4) is 0 Å². The van der Waals surface area contributed by atoms with Crippen molar-refractivity contribution in [2.75, 3.05) is 11.9 Å². The Hall–Kier alpha value is -1.16. The lowest BCUT2D eigenvalue weighted by atomic mass is 10.0. The molecule has 0 amide bonds. The van der Waals surface area contributed by atoms with Crippen molar-refractivity contribution in [2.24, 2.45) is 0 Å². The summed E-state index contributed by atoms with van der Waals surface area (Å²) >= 11 is 3.35. The minimum atomic E-state index is -0.386. The lowest BCUT2D eigenvalue weighted by molar-refractivity contribution is 0.0526. The molecule has 0 aliphatic heterocycles. The third kappa shape index (κ3) is 3.97. The van der Waals surface area contributed by atoms with Crippen molar-refractivity contribution in [3.8, 4) is 0 Å². The summed E-state index contributed by atoms with van der Waals surface area (Å²) in [5.41, 5.74) is 1.96. The van der Waals surface area contributed by atoms with E-state index in [4.69, 9.17) is 4.74 Å². The van der Waals surface area contributed by atoms with Gasteiger partial charge in [-0.2, -0.15) is 0 Å². The molecular formula is C13H15BrO3. The third-order valence-electron chi connectivity index (χ3n) is 2.36. The number of aldehydes is 1. The standard InChI is InChI=1S/C13H15BrO3/c1-2-17-13(16)11-6-5-10(4-3-7-14)12(8-11)9-15/h5-6,8-9H,2-4,7H2,1H3. The fourth-order valence-electron chi connectivity index (χ4n) is 1.53. The van der Waals surface area contributed by atoms with Crippen LogP contribution >= 0.6 is 15.9 Å². The molecule has 0 bridgehead atoms. The molecular weight excluding hydrogens is 284 g/mol. The van der Waals surface area contributed by atoms with Crippen molar-refractivity contribution < 1.29 is 14.3 Å². The first-order chi connectivity index (χ1) is 8.22. The van der Waals surface area contributed by atoms with Gasteiger partial charge in [0.2, 0.25) is 0 Å². The molecule has 92 valence electrons. The topological polar surface area (TPSA) is 43.4 Å². The number of hydrogen-bond donors (Lipinski definition) is 0. The van der Waals surface area contributed by atoms with E-state index in [2.05, 4.69) is 15.9 Å². The molecule has 0 spiro atoms. The molecule has 4 heteroatoms. The largest absolute Gasteiger partial charge is 0.462 e. The number of esters is 1. The Labute approximate surface area is 109 Å². The minimum Gasteiger partial charge on any atom is -0.462 e. The van der Waals surface area contributed by atoms with Crippen LogP contribution in [0.25, 0.3) is 0 Å². The summed E-state index contributed by atoms with van der Waals surface area (Å²) in [6.07, 6.45) is 2.56. The normalized spacial score (nSPS) is 10.0. The van der Waals surface area contributed by atoms with Gasteiger partial charge in [0.05, 0.1) is 12.2 Å². The van der Waals surface area contributed by atoms with Crippen LogP contribution in [-0.2, 0) is 11.2 Å². The molecule has 0 aliphatic carbocycles. The summed E-state index contributed by atoms with van der Waals surface area (Å²) in [5, 5.41) is 0.894. The van der Waals surface area contributed by atoms with Gasteiger partial charge in [0.25, 0.3) is 0 Å².